The first-order valence-corrected chi connectivity index (χ1v) is 7.14. The Balaban J connectivity index is 1.94. The highest BCUT2D eigenvalue weighted by Gasteiger charge is 2.75. The summed E-state index contributed by atoms with van der Waals surface area (Å²) in [5.74, 6) is -2.57. The Kier molecular flexibility index (Phi) is 2.90. The van der Waals surface area contributed by atoms with Crippen molar-refractivity contribution in [2.24, 2.45) is 10.8 Å². The number of nitrogens with one attached hydrogen (secondary N) is 1. The van der Waals surface area contributed by atoms with Crippen LogP contribution in [0.5, 0.6) is 0 Å². The Morgan fingerprint density at radius 2 is 1.91 bits per heavy atom. The van der Waals surface area contributed by atoms with Crippen LogP contribution in [0, 0.1) is 22.5 Å². The van der Waals surface area contributed by atoms with Crippen molar-refractivity contribution in [2.75, 3.05) is 5.32 Å². The molecule has 0 unspecified atom stereocenters. The minimum Gasteiger partial charge on any atom is -0.448 e. The summed E-state index contributed by atoms with van der Waals surface area (Å²) in [6.07, 6.45) is 0.926. The Bertz CT molecular complexity index is 688. The summed E-state index contributed by atoms with van der Waals surface area (Å²) >= 11 is 0. The number of carbonyl (C=O) groups excluding carboxylic acids is 2. The molecule has 1 N–H and O–H groups in total. The predicted molar refractivity (Wildman–Crippen MR) is 74.9 cm³/mol. The lowest BCUT2D eigenvalue weighted by Crippen LogP contribution is -2.50. The van der Waals surface area contributed by atoms with Crippen LogP contribution in [-0.4, -0.2) is 17.5 Å². The van der Waals surface area contributed by atoms with E-state index in [2.05, 4.69) is 5.32 Å². The average Bonchev–Trinajstić information content (AvgIpc) is 2.72. The molecule has 0 radical (unpaired) electrons. The molecule has 1 heterocycles. The zero-order valence-corrected chi connectivity index (χ0v) is 12.6. The van der Waals surface area contributed by atoms with Crippen molar-refractivity contribution in [1.29, 1.82) is 0 Å². The maximum atomic E-state index is 13.7. The fourth-order valence-corrected chi connectivity index (χ4v) is 3.56. The van der Waals surface area contributed by atoms with E-state index in [1.807, 2.05) is 13.8 Å². The summed E-state index contributed by atoms with van der Waals surface area (Å²) in [5.41, 5.74) is -2.89. The van der Waals surface area contributed by atoms with Gasteiger partial charge in [0.25, 0.3) is 5.91 Å². The lowest BCUT2D eigenvalue weighted by atomic mass is 9.66. The molecular formula is C16H17F2NO3. The van der Waals surface area contributed by atoms with Crippen LogP contribution < -0.4 is 5.32 Å². The van der Waals surface area contributed by atoms with Gasteiger partial charge in [-0.2, -0.15) is 0 Å². The van der Waals surface area contributed by atoms with Gasteiger partial charge in [-0.05, 0) is 31.9 Å². The second kappa shape index (κ2) is 4.27. The van der Waals surface area contributed by atoms with Crippen molar-refractivity contribution in [3.63, 3.8) is 0 Å². The molecule has 1 aliphatic heterocycles. The molecule has 1 amide bonds. The van der Waals surface area contributed by atoms with Gasteiger partial charge < -0.3 is 10.1 Å². The van der Waals surface area contributed by atoms with Crippen molar-refractivity contribution in [2.45, 2.75) is 39.2 Å². The van der Waals surface area contributed by atoms with Gasteiger partial charge >= 0.3 is 5.97 Å². The molecule has 2 aliphatic rings. The topological polar surface area (TPSA) is 55.4 Å². The molecule has 1 aromatic rings. The second-order valence-electron chi connectivity index (χ2n) is 6.75. The van der Waals surface area contributed by atoms with Gasteiger partial charge in [0.1, 0.15) is 11.6 Å². The van der Waals surface area contributed by atoms with E-state index in [0.717, 1.165) is 12.1 Å². The first kappa shape index (κ1) is 14.9. The largest absolute Gasteiger partial charge is 0.448 e. The molecule has 0 spiro atoms. The summed E-state index contributed by atoms with van der Waals surface area (Å²) in [5, 5.41) is 2.43. The summed E-state index contributed by atoms with van der Waals surface area (Å²) in [6.45, 7) is 5.41. The van der Waals surface area contributed by atoms with Gasteiger partial charge in [-0.3, -0.25) is 9.59 Å². The highest BCUT2D eigenvalue weighted by molar-refractivity contribution is 6.03. The molecule has 2 bridgehead atoms. The monoisotopic (exact) mass is 309 g/mol. The highest BCUT2D eigenvalue weighted by Crippen LogP contribution is 2.65. The van der Waals surface area contributed by atoms with Gasteiger partial charge in [-0.1, -0.05) is 13.8 Å². The van der Waals surface area contributed by atoms with Crippen LogP contribution in [0.25, 0.3) is 0 Å². The van der Waals surface area contributed by atoms with Crippen molar-refractivity contribution < 1.29 is 23.1 Å². The third kappa shape index (κ3) is 1.61. The van der Waals surface area contributed by atoms with E-state index in [1.165, 1.54) is 0 Å². The van der Waals surface area contributed by atoms with Crippen molar-refractivity contribution in [3.8, 4) is 0 Å². The predicted octanol–water partition coefficient (Wildman–Crippen LogP) is 3.03. The Labute approximate surface area is 126 Å². The third-order valence-electron chi connectivity index (χ3n) is 5.63. The second-order valence-corrected chi connectivity index (χ2v) is 6.75. The van der Waals surface area contributed by atoms with Crippen LogP contribution in [0.15, 0.2) is 18.2 Å². The molecular weight excluding hydrogens is 292 g/mol. The van der Waals surface area contributed by atoms with E-state index in [0.29, 0.717) is 18.9 Å². The zero-order valence-electron chi connectivity index (χ0n) is 12.6. The van der Waals surface area contributed by atoms with E-state index >= 15 is 0 Å². The normalized spacial score (nSPS) is 32.0. The molecule has 22 heavy (non-hydrogen) atoms. The summed E-state index contributed by atoms with van der Waals surface area (Å²) in [6, 6.07) is 2.90. The first-order chi connectivity index (χ1) is 10.1. The van der Waals surface area contributed by atoms with Gasteiger partial charge in [-0.25, -0.2) is 8.78 Å². The summed E-state index contributed by atoms with van der Waals surface area (Å²) in [7, 11) is 0. The van der Waals surface area contributed by atoms with Crippen LogP contribution in [0.4, 0.5) is 14.5 Å². The minimum atomic E-state index is -1.32. The van der Waals surface area contributed by atoms with E-state index in [9.17, 15) is 18.4 Å². The van der Waals surface area contributed by atoms with Crippen LogP contribution in [-0.2, 0) is 14.3 Å². The minimum absolute atomic E-state index is 0.131. The number of ether oxygens (including phenoxy) is 1. The standard InChI is InChI=1S/C16H17F2NO3/c1-14(2)15(3)6-7-16(14,22-13(15)21)12(20)19-11-5-4-9(17)8-10(11)18/h4-5,8H,6-7H2,1-3H3,(H,19,20)/t15-,16+/m0/s1. The summed E-state index contributed by atoms with van der Waals surface area (Å²) < 4.78 is 32.1. The number of hydrogen-bond acceptors (Lipinski definition) is 3. The smallest absolute Gasteiger partial charge is 0.313 e. The number of anilines is 1. The molecule has 1 aromatic carbocycles. The fraction of sp³-hybridized carbons (Fsp3) is 0.500. The van der Waals surface area contributed by atoms with E-state index in [1.54, 1.807) is 6.92 Å². The molecule has 1 saturated heterocycles. The molecule has 1 aliphatic carbocycles. The maximum Gasteiger partial charge on any atom is 0.313 e. The fourth-order valence-electron chi connectivity index (χ4n) is 3.56. The number of halogens is 2. The molecule has 0 aromatic heterocycles. The van der Waals surface area contributed by atoms with E-state index in [4.69, 9.17) is 4.74 Å². The van der Waals surface area contributed by atoms with Crippen LogP contribution >= 0.6 is 0 Å². The number of benzene rings is 1. The average molecular weight is 309 g/mol. The zero-order chi connectivity index (χ0) is 16.3. The maximum absolute atomic E-state index is 13.7. The molecule has 2 atom stereocenters. The van der Waals surface area contributed by atoms with Gasteiger partial charge in [0.05, 0.1) is 11.1 Å². The van der Waals surface area contributed by atoms with Crippen LogP contribution in [0.2, 0.25) is 0 Å². The molecule has 2 fully saturated rings. The Hall–Kier alpha value is -1.98. The molecule has 118 valence electrons. The molecule has 6 heteroatoms. The highest BCUT2D eigenvalue weighted by atomic mass is 19.1. The number of esters is 1. The Morgan fingerprint density at radius 1 is 1.23 bits per heavy atom. The van der Waals surface area contributed by atoms with Crippen LogP contribution in [0.3, 0.4) is 0 Å². The number of carbonyl (C=O) groups is 2. The van der Waals surface area contributed by atoms with Crippen LogP contribution in [0.1, 0.15) is 33.6 Å². The lowest BCUT2D eigenvalue weighted by molar-refractivity contribution is -0.165. The van der Waals surface area contributed by atoms with E-state index in [-0.39, 0.29) is 5.69 Å². The lowest BCUT2D eigenvalue weighted by Gasteiger charge is -2.35. The molecule has 1 saturated carbocycles. The number of amides is 1. The number of fused-ring (bicyclic) bond motifs is 2. The van der Waals surface area contributed by atoms with Crippen molar-refractivity contribution in [1.82, 2.24) is 0 Å². The SMILES string of the molecule is CC1(C)[C@@]2(C)CC[C@]1(C(=O)Nc1ccc(F)cc1F)OC2=O. The molecule has 3 rings (SSSR count). The third-order valence-corrected chi connectivity index (χ3v) is 5.63. The van der Waals surface area contributed by atoms with E-state index < -0.39 is 39.9 Å². The van der Waals surface area contributed by atoms with Crippen molar-refractivity contribution >= 4 is 17.6 Å². The molecule has 4 nitrogen and oxygen atoms in total. The van der Waals surface area contributed by atoms with Gasteiger partial charge in [-0.15, -0.1) is 0 Å². The Morgan fingerprint density at radius 3 is 2.41 bits per heavy atom. The van der Waals surface area contributed by atoms with Gasteiger partial charge in [0.2, 0.25) is 0 Å². The quantitative estimate of drug-likeness (QED) is 0.854. The first-order valence-electron chi connectivity index (χ1n) is 7.14. The van der Waals surface area contributed by atoms with Crippen molar-refractivity contribution in [3.05, 3.63) is 29.8 Å². The number of rotatable bonds is 2. The van der Waals surface area contributed by atoms with Gasteiger partial charge in [0.15, 0.2) is 5.60 Å². The number of hydrogen-bond donors (Lipinski definition) is 1. The summed E-state index contributed by atoms with van der Waals surface area (Å²) in [4.78, 5) is 24.8. The van der Waals surface area contributed by atoms with Gasteiger partial charge in [0, 0.05) is 11.5 Å².